The summed E-state index contributed by atoms with van der Waals surface area (Å²) >= 11 is 0. The Balaban J connectivity index is 1.55. The SMILES string of the molecule is NC(=O)[C@@H]1CCCN(C(=O)COC(=O)Cc2cccc3ccccc23)C1. The number of hydrogen-bond donors (Lipinski definition) is 1. The van der Waals surface area contributed by atoms with Crippen LogP contribution in [0.5, 0.6) is 0 Å². The molecule has 0 saturated carbocycles. The first-order valence-corrected chi connectivity index (χ1v) is 8.74. The molecule has 0 unspecified atom stereocenters. The van der Waals surface area contributed by atoms with E-state index in [9.17, 15) is 14.4 Å². The van der Waals surface area contributed by atoms with E-state index in [0.717, 1.165) is 22.8 Å². The lowest BCUT2D eigenvalue weighted by molar-refractivity contribution is -0.152. The molecule has 1 aliphatic rings. The molecule has 6 heteroatoms. The van der Waals surface area contributed by atoms with Crippen molar-refractivity contribution >= 4 is 28.6 Å². The number of nitrogens with two attached hydrogens (primary N) is 1. The van der Waals surface area contributed by atoms with Crippen molar-refractivity contribution in [2.75, 3.05) is 19.7 Å². The van der Waals surface area contributed by atoms with Gasteiger partial charge in [-0.15, -0.1) is 0 Å². The van der Waals surface area contributed by atoms with Gasteiger partial charge in [-0.25, -0.2) is 0 Å². The quantitative estimate of drug-likeness (QED) is 0.827. The van der Waals surface area contributed by atoms with E-state index in [4.69, 9.17) is 10.5 Å². The van der Waals surface area contributed by atoms with Gasteiger partial charge in [0.25, 0.3) is 5.91 Å². The maximum atomic E-state index is 12.2. The number of nitrogens with zero attached hydrogens (tertiary/aromatic N) is 1. The minimum Gasteiger partial charge on any atom is -0.455 e. The molecule has 2 N–H and O–H groups in total. The molecule has 1 heterocycles. The van der Waals surface area contributed by atoms with E-state index in [1.165, 1.54) is 0 Å². The van der Waals surface area contributed by atoms with Crippen molar-refractivity contribution in [3.63, 3.8) is 0 Å². The van der Waals surface area contributed by atoms with Crippen molar-refractivity contribution in [1.29, 1.82) is 0 Å². The number of likely N-dealkylation sites (tertiary alicyclic amines) is 1. The predicted octanol–water partition coefficient (Wildman–Crippen LogP) is 1.65. The van der Waals surface area contributed by atoms with E-state index >= 15 is 0 Å². The predicted molar refractivity (Wildman–Crippen MR) is 97.1 cm³/mol. The summed E-state index contributed by atoms with van der Waals surface area (Å²) in [4.78, 5) is 37.2. The third-order valence-corrected chi connectivity index (χ3v) is 4.75. The van der Waals surface area contributed by atoms with Crippen molar-refractivity contribution in [3.05, 3.63) is 48.0 Å². The first-order valence-electron chi connectivity index (χ1n) is 8.74. The Morgan fingerprint density at radius 1 is 1.12 bits per heavy atom. The zero-order valence-corrected chi connectivity index (χ0v) is 14.5. The zero-order valence-electron chi connectivity index (χ0n) is 14.5. The number of piperidine rings is 1. The smallest absolute Gasteiger partial charge is 0.310 e. The van der Waals surface area contributed by atoms with E-state index < -0.39 is 11.9 Å². The van der Waals surface area contributed by atoms with Crippen LogP contribution in [0.15, 0.2) is 42.5 Å². The van der Waals surface area contributed by atoms with Crippen molar-refractivity contribution in [2.45, 2.75) is 19.3 Å². The molecule has 2 aromatic rings. The van der Waals surface area contributed by atoms with Gasteiger partial charge in [-0.3, -0.25) is 14.4 Å². The molecule has 1 atom stereocenters. The highest BCUT2D eigenvalue weighted by Gasteiger charge is 2.27. The molecule has 6 nitrogen and oxygen atoms in total. The first-order chi connectivity index (χ1) is 12.5. The van der Waals surface area contributed by atoms with Gasteiger partial charge < -0.3 is 15.4 Å². The number of carbonyl (C=O) groups is 3. The highest BCUT2D eigenvalue weighted by molar-refractivity contribution is 5.89. The number of esters is 1. The molecule has 0 spiro atoms. The molecule has 1 aliphatic heterocycles. The second kappa shape index (κ2) is 7.99. The van der Waals surface area contributed by atoms with E-state index in [0.29, 0.717) is 19.5 Å². The molecular formula is C20H22N2O4. The molecule has 0 aromatic heterocycles. The van der Waals surface area contributed by atoms with Crippen LogP contribution in [0.2, 0.25) is 0 Å². The van der Waals surface area contributed by atoms with Gasteiger partial charge in [-0.1, -0.05) is 42.5 Å². The summed E-state index contributed by atoms with van der Waals surface area (Å²) in [6.45, 7) is 0.549. The summed E-state index contributed by atoms with van der Waals surface area (Å²) in [6, 6.07) is 13.6. The largest absolute Gasteiger partial charge is 0.455 e. The van der Waals surface area contributed by atoms with Crippen LogP contribution >= 0.6 is 0 Å². The standard InChI is InChI=1S/C20H22N2O4/c21-20(25)16-8-4-10-22(12-16)18(23)13-26-19(24)11-15-7-3-6-14-5-1-2-9-17(14)15/h1-3,5-7,9,16H,4,8,10-13H2,(H2,21,25)/t16-/m1/s1. The molecule has 136 valence electrons. The van der Waals surface area contributed by atoms with Crippen molar-refractivity contribution in [3.8, 4) is 0 Å². The molecule has 0 aliphatic carbocycles. The van der Waals surface area contributed by atoms with Crippen LogP contribution in [0, 0.1) is 5.92 Å². The van der Waals surface area contributed by atoms with Gasteiger partial charge >= 0.3 is 5.97 Å². The van der Waals surface area contributed by atoms with Gasteiger partial charge in [-0.05, 0) is 29.2 Å². The molecule has 26 heavy (non-hydrogen) atoms. The summed E-state index contributed by atoms with van der Waals surface area (Å²) in [7, 11) is 0. The Hall–Kier alpha value is -2.89. The van der Waals surface area contributed by atoms with Crippen LogP contribution < -0.4 is 5.73 Å². The first kappa shape index (κ1) is 17.9. The highest BCUT2D eigenvalue weighted by atomic mass is 16.5. The number of carbonyl (C=O) groups excluding carboxylic acids is 3. The van der Waals surface area contributed by atoms with Crippen LogP contribution in [0.4, 0.5) is 0 Å². The van der Waals surface area contributed by atoms with E-state index in [1.807, 2.05) is 42.5 Å². The van der Waals surface area contributed by atoms with E-state index in [2.05, 4.69) is 0 Å². The maximum absolute atomic E-state index is 12.2. The fourth-order valence-electron chi connectivity index (χ4n) is 3.32. The van der Waals surface area contributed by atoms with Gasteiger partial charge in [0.15, 0.2) is 6.61 Å². The molecule has 0 radical (unpaired) electrons. The summed E-state index contributed by atoms with van der Waals surface area (Å²) in [5, 5.41) is 2.05. The van der Waals surface area contributed by atoms with Crippen LogP contribution in [0.25, 0.3) is 10.8 Å². The number of amides is 2. The minimum atomic E-state index is -0.446. The van der Waals surface area contributed by atoms with Gasteiger partial charge in [0.05, 0.1) is 12.3 Å². The number of benzene rings is 2. The summed E-state index contributed by atoms with van der Waals surface area (Å²) in [5.74, 6) is -1.45. The molecule has 1 saturated heterocycles. The lowest BCUT2D eigenvalue weighted by Crippen LogP contribution is -2.45. The Bertz CT molecular complexity index is 828. The number of fused-ring (bicyclic) bond motifs is 1. The third kappa shape index (κ3) is 4.20. The fraction of sp³-hybridized carbons (Fsp3) is 0.350. The summed E-state index contributed by atoms with van der Waals surface area (Å²) in [6.07, 6.45) is 1.53. The normalized spacial score (nSPS) is 17.1. The van der Waals surface area contributed by atoms with Crippen LogP contribution in [-0.2, 0) is 25.5 Å². The lowest BCUT2D eigenvalue weighted by Gasteiger charge is -2.31. The molecule has 0 bridgehead atoms. The molecule has 3 rings (SSSR count). The van der Waals surface area contributed by atoms with Gasteiger partial charge in [0, 0.05) is 13.1 Å². The van der Waals surface area contributed by atoms with Crippen LogP contribution in [0.1, 0.15) is 18.4 Å². The number of rotatable bonds is 5. The van der Waals surface area contributed by atoms with Gasteiger partial charge in [0.2, 0.25) is 5.91 Å². The highest BCUT2D eigenvalue weighted by Crippen LogP contribution is 2.19. The second-order valence-corrected chi connectivity index (χ2v) is 6.56. The monoisotopic (exact) mass is 354 g/mol. The minimum absolute atomic E-state index is 0.110. The van der Waals surface area contributed by atoms with Crippen molar-refractivity contribution in [1.82, 2.24) is 4.90 Å². The summed E-state index contributed by atoms with van der Waals surface area (Å²) < 4.78 is 5.16. The summed E-state index contributed by atoms with van der Waals surface area (Å²) in [5.41, 5.74) is 6.19. The fourth-order valence-corrected chi connectivity index (χ4v) is 3.32. The lowest BCUT2D eigenvalue weighted by atomic mass is 9.97. The van der Waals surface area contributed by atoms with Crippen molar-refractivity contribution in [2.24, 2.45) is 11.7 Å². The van der Waals surface area contributed by atoms with Crippen LogP contribution in [0.3, 0.4) is 0 Å². The topological polar surface area (TPSA) is 89.7 Å². The van der Waals surface area contributed by atoms with Gasteiger partial charge in [0.1, 0.15) is 0 Å². The molecule has 2 aromatic carbocycles. The maximum Gasteiger partial charge on any atom is 0.310 e. The number of ether oxygens (including phenoxy) is 1. The Labute approximate surface area is 151 Å². The Morgan fingerprint density at radius 3 is 2.69 bits per heavy atom. The third-order valence-electron chi connectivity index (χ3n) is 4.75. The average Bonchev–Trinajstić information content (AvgIpc) is 2.66. The Kier molecular flexibility index (Phi) is 5.51. The van der Waals surface area contributed by atoms with E-state index in [1.54, 1.807) is 4.90 Å². The Morgan fingerprint density at radius 2 is 1.88 bits per heavy atom. The molecular weight excluding hydrogens is 332 g/mol. The average molecular weight is 354 g/mol. The van der Waals surface area contributed by atoms with Crippen molar-refractivity contribution < 1.29 is 19.1 Å². The van der Waals surface area contributed by atoms with Crippen LogP contribution in [-0.4, -0.2) is 42.4 Å². The van der Waals surface area contributed by atoms with E-state index in [-0.39, 0.29) is 24.9 Å². The number of primary amides is 1. The van der Waals surface area contributed by atoms with Gasteiger partial charge in [-0.2, -0.15) is 0 Å². The zero-order chi connectivity index (χ0) is 18.5. The molecule has 1 fully saturated rings. The molecule has 2 amide bonds. The number of hydrogen-bond acceptors (Lipinski definition) is 4. The second-order valence-electron chi connectivity index (χ2n) is 6.56.